The Balaban J connectivity index is 5.30. The van der Waals surface area contributed by atoms with E-state index in [1.807, 2.05) is 0 Å². The SMILES string of the molecule is COC(=O)[C@H](CCCCNC(=O)[C@H](CCCCCC(=O)[C@H](CCCCN=C(C)NC(=O)OC(C)(C)C)NC(=O)OC(C)(C)C)NC(=O)OC(C)(C)C)NC(=O)OC(C)(C)C. The summed E-state index contributed by atoms with van der Waals surface area (Å²) >= 11 is 0. The molecule has 0 bridgehead atoms. The average molecular weight is 857 g/mol. The molecule has 0 fully saturated rings. The fourth-order valence-corrected chi connectivity index (χ4v) is 5.33. The lowest BCUT2D eigenvalue weighted by molar-refractivity contribution is -0.143. The molecule has 0 rings (SSSR count). The van der Waals surface area contributed by atoms with Gasteiger partial charge >= 0.3 is 30.3 Å². The van der Waals surface area contributed by atoms with Crippen LogP contribution in [0.4, 0.5) is 19.2 Å². The Bertz CT molecular complexity index is 1420. The minimum atomic E-state index is -0.928. The van der Waals surface area contributed by atoms with Gasteiger partial charge in [-0.1, -0.05) is 12.8 Å². The molecule has 5 amide bonds. The fourth-order valence-electron chi connectivity index (χ4n) is 5.33. The molecule has 0 aliphatic heterocycles. The molecule has 18 heteroatoms. The normalized spacial score (nSPS) is 13.7. The Labute approximate surface area is 357 Å². The van der Waals surface area contributed by atoms with E-state index in [0.717, 1.165) is 0 Å². The van der Waals surface area contributed by atoms with Gasteiger partial charge in [0.05, 0.1) is 13.2 Å². The molecule has 0 aromatic carbocycles. The maximum absolute atomic E-state index is 13.4. The largest absolute Gasteiger partial charge is 0.467 e. The van der Waals surface area contributed by atoms with Gasteiger partial charge in [-0.25, -0.2) is 24.0 Å². The summed E-state index contributed by atoms with van der Waals surface area (Å²) < 4.78 is 26.1. The second-order valence-corrected chi connectivity index (χ2v) is 18.6. The minimum absolute atomic E-state index is 0.163. The Morgan fingerprint density at radius 3 is 1.43 bits per heavy atom. The summed E-state index contributed by atoms with van der Waals surface area (Å²) in [5, 5.41) is 13.3. The summed E-state index contributed by atoms with van der Waals surface area (Å²) in [6.07, 6.45) is 1.88. The number of amides is 5. The highest BCUT2D eigenvalue weighted by Gasteiger charge is 2.27. The third-order valence-corrected chi connectivity index (χ3v) is 7.83. The summed E-state index contributed by atoms with van der Waals surface area (Å²) in [5.74, 6) is -0.799. The van der Waals surface area contributed by atoms with E-state index in [-0.39, 0.29) is 31.6 Å². The molecule has 3 atom stereocenters. The molecule has 0 spiro atoms. The molecule has 0 unspecified atom stereocenters. The van der Waals surface area contributed by atoms with Gasteiger partial charge in [0, 0.05) is 19.5 Å². The first kappa shape index (κ1) is 55.4. The number of ketones is 1. The maximum Gasteiger partial charge on any atom is 0.413 e. The number of ether oxygens (including phenoxy) is 5. The van der Waals surface area contributed by atoms with Gasteiger partial charge in [0.25, 0.3) is 0 Å². The van der Waals surface area contributed by atoms with E-state index in [1.54, 1.807) is 90.0 Å². The molecule has 0 aliphatic carbocycles. The van der Waals surface area contributed by atoms with E-state index >= 15 is 0 Å². The van der Waals surface area contributed by atoms with Gasteiger partial charge in [0.15, 0.2) is 5.78 Å². The van der Waals surface area contributed by atoms with Crippen LogP contribution in [0, 0.1) is 0 Å². The predicted molar refractivity (Wildman–Crippen MR) is 228 cm³/mol. The number of esters is 1. The van der Waals surface area contributed by atoms with E-state index in [0.29, 0.717) is 63.7 Å². The van der Waals surface area contributed by atoms with Gasteiger partial charge in [-0.15, -0.1) is 0 Å². The maximum atomic E-state index is 13.4. The van der Waals surface area contributed by atoms with Gasteiger partial charge in [-0.05, 0) is 141 Å². The lowest BCUT2D eigenvalue weighted by Gasteiger charge is -2.24. The number of rotatable bonds is 22. The number of hydrogen-bond acceptors (Lipinski definition) is 13. The second kappa shape index (κ2) is 26.5. The molecule has 0 saturated carbocycles. The molecular weight excluding hydrogens is 780 g/mol. The van der Waals surface area contributed by atoms with Crippen molar-refractivity contribution in [2.24, 2.45) is 4.99 Å². The number of amidine groups is 1. The molecule has 60 heavy (non-hydrogen) atoms. The Morgan fingerprint density at radius 2 is 0.933 bits per heavy atom. The van der Waals surface area contributed by atoms with Crippen LogP contribution in [-0.4, -0.2) is 109 Å². The zero-order chi connectivity index (χ0) is 46.3. The number of aliphatic imine (C=N–C) groups is 1. The van der Waals surface area contributed by atoms with Crippen LogP contribution in [0.25, 0.3) is 0 Å². The number of unbranched alkanes of at least 4 members (excludes halogenated alkanes) is 4. The second-order valence-electron chi connectivity index (χ2n) is 18.6. The van der Waals surface area contributed by atoms with E-state index in [4.69, 9.17) is 23.7 Å². The quantitative estimate of drug-likeness (QED) is 0.0250. The van der Waals surface area contributed by atoms with Crippen molar-refractivity contribution in [2.45, 2.75) is 201 Å². The summed E-state index contributed by atoms with van der Waals surface area (Å²) in [7, 11) is 1.22. The third kappa shape index (κ3) is 30.4. The van der Waals surface area contributed by atoms with Crippen LogP contribution in [0.3, 0.4) is 0 Å². The Hall–Kier alpha value is -4.64. The number of carbonyl (C=O) groups is 7. The van der Waals surface area contributed by atoms with Gasteiger partial charge in [-0.3, -0.25) is 19.9 Å². The van der Waals surface area contributed by atoms with Crippen LogP contribution in [-0.2, 0) is 38.1 Å². The molecule has 18 nitrogen and oxygen atoms in total. The van der Waals surface area contributed by atoms with E-state index in [2.05, 4.69) is 31.6 Å². The fraction of sp³-hybridized carbons (Fsp3) is 0.810. The number of hydrogen-bond donors (Lipinski definition) is 5. The van der Waals surface area contributed by atoms with Crippen LogP contribution >= 0.6 is 0 Å². The van der Waals surface area contributed by atoms with Crippen LogP contribution in [0.15, 0.2) is 4.99 Å². The highest BCUT2D eigenvalue weighted by Crippen LogP contribution is 2.15. The number of nitrogens with one attached hydrogen (secondary N) is 5. The molecule has 346 valence electrons. The van der Waals surface area contributed by atoms with Crippen molar-refractivity contribution in [3.63, 3.8) is 0 Å². The summed E-state index contributed by atoms with van der Waals surface area (Å²) in [6.45, 7) is 23.0. The van der Waals surface area contributed by atoms with E-state index in [9.17, 15) is 33.6 Å². The standard InChI is InChI=1S/C42H76N6O12/c1-28(45-35(52)57-39(2,3)4)43-26-20-18-22-29(46-36(53)58-40(5,6)7)32(49)25-17-15-16-23-30(47-37(54)59-41(8,9)10)33(50)44-27-21-19-24-31(34(51)56-14)48-38(55)60-42(11,12)13/h29-31H,15-27H2,1-14H3,(H,44,50)(H,46,53)(H,47,54)(H,48,55)(H,43,45,52)/t29-,30-,31-/m0/s1. The van der Waals surface area contributed by atoms with Crippen molar-refractivity contribution in [1.29, 1.82) is 0 Å². The summed E-state index contributed by atoms with van der Waals surface area (Å²) in [6, 6.07) is -2.63. The van der Waals surface area contributed by atoms with Crippen molar-refractivity contribution in [3.05, 3.63) is 0 Å². The van der Waals surface area contributed by atoms with Crippen LogP contribution < -0.4 is 26.6 Å². The average Bonchev–Trinajstić information content (AvgIpc) is 3.05. The smallest absolute Gasteiger partial charge is 0.413 e. The predicted octanol–water partition coefficient (Wildman–Crippen LogP) is 6.76. The first-order chi connectivity index (χ1) is 27.5. The molecule has 0 aromatic rings. The third-order valence-electron chi connectivity index (χ3n) is 7.83. The molecule has 5 N–H and O–H groups in total. The zero-order valence-corrected chi connectivity index (χ0v) is 38.8. The van der Waals surface area contributed by atoms with Crippen LogP contribution in [0.5, 0.6) is 0 Å². The summed E-state index contributed by atoms with van der Waals surface area (Å²) in [4.78, 5) is 92.7. The molecule has 0 radical (unpaired) electrons. The highest BCUT2D eigenvalue weighted by atomic mass is 16.6. The van der Waals surface area contributed by atoms with Crippen molar-refractivity contribution in [2.75, 3.05) is 20.2 Å². The van der Waals surface area contributed by atoms with Crippen molar-refractivity contribution in [3.8, 4) is 0 Å². The number of alkyl carbamates (subject to hydrolysis) is 4. The van der Waals surface area contributed by atoms with Gasteiger partial charge in [0.2, 0.25) is 5.91 Å². The minimum Gasteiger partial charge on any atom is -0.467 e. The van der Waals surface area contributed by atoms with Gasteiger partial charge in [-0.2, -0.15) is 0 Å². The topological polar surface area (TPSA) is 238 Å². The van der Waals surface area contributed by atoms with Crippen molar-refractivity contribution >= 4 is 47.9 Å². The Kier molecular flexibility index (Phi) is 24.5. The van der Waals surface area contributed by atoms with Crippen molar-refractivity contribution < 1.29 is 57.2 Å². The highest BCUT2D eigenvalue weighted by molar-refractivity contribution is 5.94. The van der Waals surface area contributed by atoms with Gasteiger partial charge in [0.1, 0.15) is 40.3 Å². The molecule has 0 aromatic heterocycles. The zero-order valence-electron chi connectivity index (χ0n) is 38.8. The van der Waals surface area contributed by atoms with Crippen molar-refractivity contribution in [1.82, 2.24) is 26.6 Å². The monoisotopic (exact) mass is 857 g/mol. The number of nitrogens with zero attached hydrogens (tertiary/aromatic N) is 1. The van der Waals surface area contributed by atoms with E-state index < -0.39 is 76.8 Å². The first-order valence-corrected chi connectivity index (χ1v) is 20.9. The van der Waals surface area contributed by atoms with Crippen LogP contribution in [0.1, 0.15) is 161 Å². The molecule has 0 saturated heterocycles. The van der Waals surface area contributed by atoms with Gasteiger partial charge < -0.3 is 45.0 Å². The van der Waals surface area contributed by atoms with Crippen LogP contribution in [0.2, 0.25) is 0 Å². The lowest BCUT2D eigenvalue weighted by Crippen LogP contribution is -2.48. The lowest BCUT2D eigenvalue weighted by atomic mass is 9.99. The molecular formula is C42H76N6O12. The molecule has 0 aliphatic rings. The van der Waals surface area contributed by atoms with E-state index in [1.165, 1.54) is 7.11 Å². The first-order valence-electron chi connectivity index (χ1n) is 20.9. The number of methoxy groups -OCH3 is 1. The molecule has 0 heterocycles. The summed E-state index contributed by atoms with van der Waals surface area (Å²) in [5.41, 5.74) is -2.93. The number of Topliss-reactive ketones (excluding diaryl/α,β-unsaturated/α-hetero) is 1. The number of carbonyl (C=O) groups excluding carboxylic acids is 7. The Morgan fingerprint density at radius 1 is 0.517 bits per heavy atom.